The van der Waals surface area contributed by atoms with Crippen LogP contribution in [0.1, 0.15) is 25.0 Å². The van der Waals surface area contributed by atoms with Crippen LogP contribution in [0.15, 0.2) is 6.07 Å². The monoisotopic (exact) mass is 280 g/mol. The second kappa shape index (κ2) is 7.40. The van der Waals surface area contributed by atoms with E-state index in [-0.39, 0.29) is 13.2 Å². The van der Waals surface area contributed by atoms with Gasteiger partial charge in [-0.15, -0.1) is 0 Å². The number of anilines is 2. The third-order valence-corrected chi connectivity index (χ3v) is 3.53. The minimum atomic E-state index is 0.0437. The van der Waals surface area contributed by atoms with Crippen LogP contribution in [0.5, 0.6) is 0 Å². The topological polar surface area (TPSA) is 72.7 Å². The molecule has 1 aliphatic rings. The molecule has 1 aromatic rings. The Bertz CT molecular complexity index is 416. The van der Waals surface area contributed by atoms with E-state index in [9.17, 15) is 0 Å². The molecular weight excluding hydrogens is 256 g/mol. The Morgan fingerprint density at radius 1 is 1.10 bits per heavy atom. The van der Waals surface area contributed by atoms with Crippen molar-refractivity contribution >= 4 is 11.8 Å². The SMILES string of the molecule is Cc1cc(N(CCO)CCO)nc(N2CCCCC2)n1. The van der Waals surface area contributed by atoms with Crippen LogP contribution >= 0.6 is 0 Å². The number of hydrogen-bond acceptors (Lipinski definition) is 6. The fourth-order valence-electron chi connectivity index (χ4n) is 2.52. The molecule has 1 saturated heterocycles. The average molecular weight is 280 g/mol. The highest BCUT2D eigenvalue weighted by Gasteiger charge is 2.16. The first kappa shape index (κ1) is 15.0. The summed E-state index contributed by atoms with van der Waals surface area (Å²) in [6, 6.07) is 1.90. The van der Waals surface area contributed by atoms with Gasteiger partial charge in [0, 0.05) is 37.9 Å². The van der Waals surface area contributed by atoms with E-state index in [0.29, 0.717) is 13.1 Å². The standard InChI is InChI=1S/C14H24N4O2/c1-12-11-13(17(7-9-19)8-10-20)16-14(15-12)18-5-3-2-4-6-18/h11,19-20H,2-10H2,1H3. The van der Waals surface area contributed by atoms with E-state index >= 15 is 0 Å². The van der Waals surface area contributed by atoms with Crippen LogP contribution in [0.3, 0.4) is 0 Å². The zero-order chi connectivity index (χ0) is 14.4. The van der Waals surface area contributed by atoms with E-state index in [1.165, 1.54) is 19.3 Å². The van der Waals surface area contributed by atoms with Gasteiger partial charge in [-0.25, -0.2) is 4.98 Å². The molecule has 2 rings (SSSR count). The normalized spacial score (nSPS) is 15.4. The first-order valence-corrected chi connectivity index (χ1v) is 7.32. The fourth-order valence-corrected chi connectivity index (χ4v) is 2.52. The second-order valence-corrected chi connectivity index (χ2v) is 5.15. The van der Waals surface area contributed by atoms with Gasteiger partial charge in [0.25, 0.3) is 0 Å². The van der Waals surface area contributed by atoms with Gasteiger partial charge in [-0.2, -0.15) is 4.98 Å². The molecule has 112 valence electrons. The Kier molecular flexibility index (Phi) is 5.55. The first-order valence-electron chi connectivity index (χ1n) is 7.32. The van der Waals surface area contributed by atoms with Crippen molar-refractivity contribution in [1.82, 2.24) is 9.97 Å². The predicted octanol–water partition coefficient (Wildman–Crippen LogP) is 0.566. The van der Waals surface area contributed by atoms with E-state index in [2.05, 4.69) is 14.9 Å². The molecule has 2 heterocycles. The van der Waals surface area contributed by atoms with E-state index in [0.717, 1.165) is 30.5 Å². The lowest BCUT2D eigenvalue weighted by Crippen LogP contribution is -2.34. The van der Waals surface area contributed by atoms with E-state index in [1.54, 1.807) is 0 Å². The number of piperidine rings is 1. The number of nitrogens with zero attached hydrogens (tertiary/aromatic N) is 4. The van der Waals surface area contributed by atoms with Gasteiger partial charge in [-0.3, -0.25) is 0 Å². The number of hydrogen-bond donors (Lipinski definition) is 2. The molecular formula is C14H24N4O2. The van der Waals surface area contributed by atoms with Crippen molar-refractivity contribution in [3.8, 4) is 0 Å². The Morgan fingerprint density at radius 3 is 2.35 bits per heavy atom. The minimum Gasteiger partial charge on any atom is -0.395 e. The highest BCUT2D eigenvalue weighted by Crippen LogP contribution is 2.20. The molecule has 6 heteroatoms. The summed E-state index contributed by atoms with van der Waals surface area (Å²) in [5.74, 6) is 1.54. The third-order valence-electron chi connectivity index (χ3n) is 3.53. The molecule has 6 nitrogen and oxygen atoms in total. The number of aromatic nitrogens is 2. The van der Waals surface area contributed by atoms with E-state index < -0.39 is 0 Å². The van der Waals surface area contributed by atoms with Crippen molar-refractivity contribution in [3.63, 3.8) is 0 Å². The van der Waals surface area contributed by atoms with Gasteiger partial charge in [-0.05, 0) is 26.2 Å². The highest BCUT2D eigenvalue weighted by atomic mass is 16.3. The van der Waals surface area contributed by atoms with Gasteiger partial charge in [0.1, 0.15) is 5.82 Å². The second-order valence-electron chi connectivity index (χ2n) is 5.15. The summed E-state index contributed by atoms with van der Waals surface area (Å²) in [5, 5.41) is 18.3. The molecule has 0 saturated carbocycles. The van der Waals surface area contributed by atoms with Crippen LogP contribution in [0.4, 0.5) is 11.8 Å². The van der Waals surface area contributed by atoms with Crippen LogP contribution in [0.2, 0.25) is 0 Å². The summed E-state index contributed by atoms with van der Waals surface area (Å²) < 4.78 is 0. The van der Waals surface area contributed by atoms with E-state index in [4.69, 9.17) is 10.2 Å². The lowest BCUT2D eigenvalue weighted by molar-refractivity contribution is 0.280. The summed E-state index contributed by atoms with van der Waals surface area (Å²) in [7, 11) is 0. The average Bonchev–Trinajstić information content (AvgIpc) is 2.47. The van der Waals surface area contributed by atoms with Crippen molar-refractivity contribution < 1.29 is 10.2 Å². The lowest BCUT2D eigenvalue weighted by atomic mass is 10.1. The molecule has 1 aliphatic heterocycles. The Hall–Kier alpha value is -1.40. The molecule has 1 aromatic heterocycles. The maximum atomic E-state index is 9.13. The van der Waals surface area contributed by atoms with Crippen molar-refractivity contribution in [2.45, 2.75) is 26.2 Å². The number of rotatable bonds is 6. The van der Waals surface area contributed by atoms with Crippen molar-refractivity contribution in [3.05, 3.63) is 11.8 Å². The largest absolute Gasteiger partial charge is 0.395 e. The molecule has 0 atom stereocenters. The number of aliphatic hydroxyl groups is 2. The first-order chi connectivity index (χ1) is 9.74. The van der Waals surface area contributed by atoms with Gasteiger partial charge >= 0.3 is 0 Å². The van der Waals surface area contributed by atoms with Gasteiger partial charge in [0.2, 0.25) is 5.95 Å². The molecule has 0 radical (unpaired) electrons. The zero-order valence-corrected chi connectivity index (χ0v) is 12.1. The fraction of sp³-hybridized carbons (Fsp3) is 0.714. The minimum absolute atomic E-state index is 0.0437. The van der Waals surface area contributed by atoms with Crippen LogP contribution in [-0.2, 0) is 0 Å². The Balaban J connectivity index is 2.21. The molecule has 0 unspecified atom stereocenters. The van der Waals surface area contributed by atoms with Gasteiger partial charge < -0.3 is 20.0 Å². The van der Waals surface area contributed by atoms with Crippen molar-refractivity contribution in [1.29, 1.82) is 0 Å². The maximum absolute atomic E-state index is 9.13. The molecule has 0 spiro atoms. The molecule has 0 aromatic carbocycles. The van der Waals surface area contributed by atoms with Crippen molar-refractivity contribution in [2.75, 3.05) is 49.2 Å². The van der Waals surface area contributed by atoms with Crippen LogP contribution in [0, 0.1) is 6.92 Å². The van der Waals surface area contributed by atoms with Gasteiger partial charge in [0.15, 0.2) is 0 Å². The molecule has 2 N–H and O–H groups in total. The summed E-state index contributed by atoms with van der Waals surface area (Å²) in [6.07, 6.45) is 3.64. The number of aliphatic hydroxyl groups excluding tert-OH is 2. The predicted molar refractivity (Wildman–Crippen MR) is 79.2 cm³/mol. The maximum Gasteiger partial charge on any atom is 0.227 e. The summed E-state index contributed by atoms with van der Waals surface area (Å²) in [6.45, 7) is 4.98. The number of aryl methyl sites for hydroxylation is 1. The van der Waals surface area contributed by atoms with E-state index in [1.807, 2.05) is 17.9 Å². The van der Waals surface area contributed by atoms with Crippen LogP contribution in [0.25, 0.3) is 0 Å². The van der Waals surface area contributed by atoms with Crippen molar-refractivity contribution in [2.24, 2.45) is 0 Å². The molecule has 0 aliphatic carbocycles. The molecule has 1 fully saturated rings. The lowest BCUT2D eigenvalue weighted by Gasteiger charge is -2.29. The van der Waals surface area contributed by atoms with Crippen LogP contribution in [-0.4, -0.2) is 59.6 Å². The third kappa shape index (κ3) is 3.80. The molecule has 0 amide bonds. The quantitative estimate of drug-likeness (QED) is 0.793. The highest BCUT2D eigenvalue weighted by molar-refractivity contribution is 5.46. The molecule has 20 heavy (non-hydrogen) atoms. The summed E-state index contributed by atoms with van der Waals surface area (Å²) >= 11 is 0. The Labute approximate surface area is 120 Å². The van der Waals surface area contributed by atoms with Gasteiger partial charge in [0.05, 0.1) is 13.2 Å². The molecule has 0 bridgehead atoms. The van der Waals surface area contributed by atoms with Crippen LogP contribution < -0.4 is 9.80 Å². The Morgan fingerprint density at radius 2 is 1.75 bits per heavy atom. The smallest absolute Gasteiger partial charge is 0.227 e. The summed E-state index contributed by atoms with van der Waals surface area (Å²) in [5.41, 5.74) is 0.913. The van der Waals surface area contributed by atoms with Gasteiger partial charge in [-0.1, -0.05) is 0 Å². The summed E-state index contributed by atoms with van der Waals surface area (Å²) in [4.78, 5) is 13.2. The zero-order valence-electron chi connectivity index (χ0n) is 12.1.